The number of phenolic OH excluding ortho intramolecular Hbond substituents is 1. The second-order valence-electron chi connectivity index (χ2n) is 5.28. The van der Waals surface area contributed by atoms with Crippen molar-refractivity contribution in [2.24, 2.45) is 0 Å². The summed E-state index contributed by atoms with van der Waals surface area (Å²) in [5.41, 5.74) is 0.548. The zero-order chi connectivity index (χ0) is 14.7. The number of likely N-dealkylation sites (tertiary alicyclic amines) is 1. The molecule has 1 aromatic carbocycles. The molecule has 2 rings (SSSR count). The van der Waals surface area contributed by atoms with Crippen LogP contribution in [0.4, 0.5) is 0 Å². The largest absolute Gasteiger partial charge is 0.507 e. The van der Waals surface area contributed by atoms with E-state index in [1.54, 1.807) is 23.1 Å². The van der Waals surface area contributed by atoms with Crippen molar-refractivity contribution in [1.29, 1.82) is 0 Å². The maximum absolute atomic E-state index is 12.4. The number of amides is 1. The summed E-state index contributed by atoms with van der Waals surface area (Å²) in [6.07, 6.45) is 2.37. The lowest BCUT2D eigenvalue weighted by Crippen LogP contribution is -2.41. The highest BCUT2D eigenvalue weighted by molar-refractivity contribution is 14.1. The molecule has 4 nitrogen and oxygen atoms in total. The minimum Gasteiger partial charge on any atom is -0.507 e. The Morgan fingerprint density at radius 3 is 2.95 bits per heavy atom. The molecule has 0 spiro atoms. The van der Waals surface area contributed by atoms with Crippen molar-refractivity contribution >= 4 is 28.5 Å². The number of likely N-dealkylation sites (N-methyl/N-ethyl adjacent to an activating group) is 2. The maximum Gasteiger partial charge on any atom is 0.253 e. The van der Waals surface area contributed by atoms with Crippen LogP contribution in [0, 0.1) is 3.57 Å². The minimum atomic E-state index is -0.0281. The second-order valence-corrected chi connectivity index (χ2v) is 6.44. The van der Waals surface area contributed by atoms with E-state index in [0.717, 1.165) is 29.6 Å². The number of rotatable bonds is 4. The van der Waals surface area contributed by atoms with Crippen LogP contribution >= 0.6 is 22.6 Å². The number of benzene rings is 1. The Morgan fingerprint density at radius 2 is 2.30 bits per heavy atom. The maximum atomic E-state index is 12.4. The van der Waals surface area contributed by atoms with E-state index in [4.69, 9.17) is 0 Å². The number of aromatic hydroxyl groups is 1. The molecule has 1 heterocycles. The van der Waals surface area contributed by atoms with Gasteiger partial charge in [0.25, 0.3) is 5.91 Å². The van der Waals surface area contributed by atoms with Gasteiger partial charge in [0.15, 0.2) is 0 Å². The van der Waals surface area contributed by atoms with Crippen LogP contribution in [0.2, 0.25) is 0 Å². The molecule has 1 saturated heterocycles. The lowest BCUT2D eigenvalue weighted by Gasteiger charge is -2.27. The molecule has 0 radical (unpaired) electrons. The molecule has 1 aromatic rings. The molecule has 1 N–H and O–H groups in total. The number of carbonyl (C=O) groups is 1. The number of hydrogen-bond acceptors (Lipinski definition) is 3. The van der Waals surface area contributed by atoms with E-state index in [1.807, 2.05) is 29.6 Å². The van der Waals surface area contributed by atoms with Crippen molar-refractivity contribution < 1.29 is 9.90 Å². The third-order valence-electron chi connectivity index (χ3n) is 3.93. The number of carbonyl (C=O) groups excluding carboxylic acids is 1. The fourth-order valence-corrected chi connectivity index (χ4v) is 3.12. The predicted molar refractivity (Wildman–Crippen MR) is 88.1 cm³/mol. The summed E-state index contributed by atoms with van der Waals surface area (Å²) in [6.45, 7) is 5.08. The highest BCUT2D eigenvalue weighted by Gasteiger charge is 2.26. The van der Waals surface area contributed by atoms with Crippen molar-refractivity contribution in [3.8, 4) is 5.75 Å². The summed E-state index contributed by atoms with van der Waals surface area (Å²) in [7, 11) is 1.84. The molecule has 0 bridgehead atoms. The molecule has 1 amide bonds. The SMILES string of the molecule is CCN1CCCC1CN(C)C(=O)c1ccc(I)c(O)c1. The van der Waals surface area contributed by atoms with Gasteiger partial charge >= 0.3 is 0 Å². The topological polar surface area (TPSA) is 43.8 Å². The Balaban J connectivity index is 2.03. The van der Waals surface area contributed by atoms with Gasteiger partial charge in [0.1, 0.15) is 5.75 Å². The van der Waals surface area contributed by atoms with E-state index < -0.39 is 0 Å². The van der Waals surface area contributed by atoms with Crippen molar-refractivity contribution in [3.05, 3.63) is 27.3 Å². The molecule has 1 aliphatic rings. The average molecular weight is 388 g/mol. The molecule has 0 aliphatic carbocycles. The molecule has 1 fully saturated rings. The van der Waals surface area contributed by atoms with Crippen molar-refractivity contribution in [3.63, 3.8) is 0 Å². The zero-order valence-corrected chi connectivity index (χ0v) is 14.1. The number of phenols is 1. The molecule has 1 atom stereocenters. The molecule has 0 aromatic heterocycles. The lowest BCUT2D eigenvalue weighted by molar-refractivity contribution is 0.0754. The highest BCUT2D eigenvalue weighted by atomic mass is 127. The van der Waals surface area contributed by atoms with Crippen LogP contribution in [0.1, 0.15) is 30.1 Å². The zero-order valence-electron chi connectivity index (χ0n) is 12.0. The van der Waals surface area contributed by atoms with Gasteiger partial charge < -0.3 is 10.0 Å². The lowest BCUT2D eigenvalue weighted by atomic mass is 10.1. The third-order valence-corrected chi connectivity index (χ3v) is 4.84. The monoisotopic (exact) mass is 388 g/mol. The van der Waals surface area contributed by atoms with Crippen molar-refractivity contribution in [1.82, 2.24) is 9.80 Å². The van der Waals surface area contributed by atoms with E-state index in [-0.39, 0.29) is 11.7 Å². The second kappa shape index (κ2) is 6.76. The van der Waals surface area contributed by atoms with Gasteiger partial charge in [-0.15, -0.1) is 0 Å². The quantitative estimate of drug-likeness (QED) is 0.807. The number of hydrogen-bond donors (Lipinski definition) is 1. The molecule has 1 aliphatic heterocycles. The Bertz CT molecular complexity index is 493. The first-order chi connectivity index (χ1) is 9.52. The average Bonchev–Trinajstić information content (AvgIpc) is 2.88. The van der Waals surface area contributed by atoms with E-state index in [1.165, 1.54) is 6.42 Å². The van der Waals surface area contributed by atoms with Crippen LogP contribution in [0.15, 0.2) is 18.2 Å². The van der Waals surface area contributed by atoms with Gasteiger partial charge in [-0.25, -0.2) is 0 Å². The molecule has 20 heavy (non-hydrogen) atoms. The van der Waals surface area contributed by atoms with Crippen molar-refractivity contribution in [2.75, 3.05) is 26.7 Å². The molecular formula is C15H21IN2O2. The van der Waals surface area contributed by atoms with Gasteiger partial charge in [-0.1, -0.05) is 6.92 Å². The molecule has 0 saturated carbocycles. The standard InChI is InChI=1S/C15H21IN2O2/c1-3-18-8-4-5-12(18)10-17(2)15(20)11-6-7-13(16)14(19)9-11/h6-7,9,12,19H,3-5,8,10H2,1-2H3. The first-order valence-corrected chi connectivity index (χ1v) is 8.08. The predicted octanol–water partition coefficient (Wildman–Crippen LogP) is 2.55. The van der Waals surface area contributed by atoms with Gasteiger partial charge in [-0.2, -0.15) is 0 Å². The van der Waals surface area contributed by atoms with Crippen LogP contribution in [0.25, 0.3) is 0 Å². The highest BCUT2D eigenvalue weighted by Crippen LogP contribution is 2.22. The third kappa shape index (κ3) is 3.44. The van der Waals surface area contributed by atoms with Gasteiger partial charge in [-0.05, 0) is 66.7 Å². The summed E-state index contributed by atoms with van der Waals surface area (Å²) in [5.74, 6) is 0.139. The molecule has 5 heteroatoms. The van der Waals surface area contributed by atoms with E-state index in [2.05, 4.69) is 11.8 Å². The van der Waals surface area contributed by atoms with Crippen LogP contribution in [-0.2, 0) is 0 Å². The molecule has 1 unspecified atom stereocenters. The normalized spacial score (nSPS) is 19.2. The fraction of sp³-hybridized carbons (Fsp3) is 0.533. The Kier molecular flexibility index (Phi) is 5.26. The molecule has 110 valence electrons. The first-order valence-electron chi connectivity index (χ1n) is 7.01. The summed E-state index contributed by atoms with van der Waals surface area (Å²) < 4.78 is 0.759. The fourth-order valence-electron chi connectivity index (χ4n) is 2.78. The Labute approximate surface area is 133 Å². The van der Waals surface area contributed by atoms with Crippen LogP contribution in [0.3, 0.4) is 0 Å². The summed E-state index contributed by atoms with van der Waals surface area (Å²) >= 11 is 2.05. The Hall–Kier alpha value is -0.820. The first kappa shape index (κ1) is 15.6. The summed E-state index contributed by atoms with van der Waals surface area (Å²) in [6, 6.07) is 5.55. The van der Waals surface area contributed by atoms with E-state index in [9.17, 15) is 9.90 Å². The smallest absolute Gasteiger partial charge is 0.253 e. The number of halogens is 1. The Morgan fingerprint density at radius 1 is 1.55 bits per heavy atom. The minimum absolute atomic E-state index is 0.0281. The van der Waals surface area contributed by atoms with E-state index >= 15 is 0 Å². The van der Waals surface area contributed by atoms with Crippen LogP contribution in [0.5, 0.6) is 5.75 Å². The summed E-state index contributed by atoms with van der Waals surface area (Å²) in [4.78, 5) is 16.6. The van der Waals surface area contributed by atoms with Crippen LogP contribution < -0.4 is 0 Å². The van der Waals surface area contributed by atoms with E-state index in [0.29, 0.717) is 11.6 Å². The van der Waals surface area contributed by atoms with Gasteiger partial charge in [0.05, 0.1) is 3.57 Å². The van der Waals surface area contributed by atoms with Gasteiger partial charge in [-0.3, -0.25) is 9.69 Å². The van der Waals surface area contributed by atoms with Gasteiger partial charge in [0, 0.05) is 25.2 Å². The van der Waals surface area contributed by atoms with Gasteiger partial charge in [0.2, 0.25) is 0 Å². The van der Waals surface area contributed by atoms with Crippen LogP contribution in [-0.4, -0.2) is 53.5 Å². The molecular weight excluding hydrogens is 367 g/mol. The summed E-state index contributed by atoms with van der Waals surface area (Å²) in [5, 5.41) is 9.71. The van der Waals surface area contributed by atoms with Crippen molar-refractivity contribution in [2.45, 2.75) is 25.8 Å². The number of nitrogens with zero attached hydrogens (tertiary/aromatic N) is 2.